The normalized spacial score (nSPS) is 17.5. The maximum Gasteiger partial charge on any atom is 0.249 e. The van der Waals surface area contributed by atoms with Crippen LogP contribution in [0.15, 0.2) is 30.3 Å². The molecular formula is C24H37N3O4. The van der Waals surface area contributed by atoms with Gasteiger partial charge >= 0.3 is 0 Å². The van der Waals surface area contributed by atoms with Crippen LogP contribution in [0.2, 0.25) is 0 Å². The molecule has 1 aromatic carbocycles. The molecule has 1 saturated carbocycles. The van der Waals surface area contributed by atoms with Gasteiger partial charge in [0.2, 0.25) is 17.7 Å². The van der Waals surface area contributed by atoms with Crippen LogP contribution in [0.1, 0.15) is 64.5 Å². The second kappa shape index (κ2) is 11.8. The minimum Gasteiger partial charge on any atom is -0.383 e. The van der Waals surface area contributed by atoms with Crippen molar-refractivity contribution in [1.29, 1.82) is 0 Å². The van der Waals surface area contributed by atoms with Gasteiger partial charge in [-0.25, -0.2) is 0 Å². The molecule has 0 unspecified atom stereocenters. The van der Waals surface area contributed by atoms with E-state index in [0.717, 1.165) is 31.2 Å². The van der Waals surface area contributed by atoms with E-state index in [-0.39, 0.29) is 30.3 Å². The lowest BCUT2D eigenvalue weighted by Gasteiger charge is -2.34. The highest BCUT2D eigenvalue weighted by molar-refractivity contribution is 5.90. The molecule has 1 aromatic rings. The van der Waals surface area contributed by atoms with Crippen molar-refractivity contribution in [3.8, 4) is 0 Å². The van der Waals surface area contributed by atoms with E-state index in [1.165, 1.54) is 6.42 Å². The highest BCUT2D eigenvalue weighted by atomic mass is 16.3. The standard InChI is InChI=1S/C24H37N3O4/c1-16(2)21(28)23(30)25-15-17(3)22(29)26-20(18-11-7-5-8-12-18)24(31)27(4)19-13-9-6-10-14-19/h5,7-8,11-12,16-17,19-21,28H,6,9-10,13-15H2,1-4H3,(H,25,30)(H,26,29)/t17-,20+,21+/m1/s1. The summed E-state index contributed by atoms with van der Waals surface area (Å²) in [6.45, 7) is 5.27. The second-order valence-electron chi connectivity index (χ2n) is 8.93. The van der Waals surface area contributed by atoms with Crippen LogP contribution in [0.25, 0.3) is 0 Å². The van der Waals surface area contributed by atoms with Crippen LogP contribution >= 0.6 is 0 Å². The lowest BCUT2D eigenvalue weighted by molar-refractivity contribution is -0.139. The number of rotatable bonds is 9. The quantitative estimate of drug-likeness (QED) is 0.559. The molecule has 31 heavy (non-hydrogen) atoms. The van der Waals surface area contributed by atoms with Crippen LogP contribution < -0.4 is 10.6 Å². The number of aliphatic hydroxyl groups excluding tert-OH is 1. The molecule has 1 aliphatic rings. The van der Waals surface area contributed by atoms with Gasteiger partial charge in [-0.15, -0.1) is 0 Å². The molecule has 2 rings (SSSR count). The summed E-state index contributed by atoms with van der Waals surface area (Å²) in [6, 6.07) is 8.65. The Morgan fingerprint density at radius 3 is 2.23 bits per heavy atom. The smallest absolute Gasteiger partial charge is 0.249 e. The average Bonchev–Trinajstić information content (AvgIpc) is 2.80. The van der Waals surface area contributed by atoms with Crippen molar-refractivity contribution in [1.82, 2.24) is 15.5 Å². The zero-order valence-electron chi connectivity index (χ0n) is 19.1. The van der Waals surface area contributed by atoms with Crippen molar-refractivity contribution in [2.24, 2.45) is 11.8 Å². The molecule has 3 N–H and O–H groups in total. The maximum absolute atomic E-state index is 13.3. The molecule has 3 atom stereocenters. The van der Waals surface area contributed by atoms with Crippen molar-refractivity contribution in [3.05, 3.63) is 35.9 Å². The van der Waals surface area contributed by atoms with Crippen LogP contribution in [0.3, 0.4) is 0 Å². The van der Waals surface area contributed by atoms with Crippen LogP contribution in [0.4, 0.5) is 0 Å². The summed E-state index contributed by atoms with van der Waals surface area (Å²) in [7, 11) is 1.82. The van der Waals surface area contributed by atoms with Crippen molar-refractivity contribution in [2.45, 2.75) is 71.1 Å². The third kappa shape index (κ3) is 7.06. The summed E-state index contributed by atoms with van der Waals surface area (Å²) in [6.07, 6.45) is 4.29. The lowest BCUT2D eigenvalue weighted by atomic mass is 9.93. The summed E-state index contributed by atoms with van der Waals surface area (Å²) < 4.78 is 0. The van der Waals surface area contributed by atoms with Gasteiger partial charge in [-0.3, -0.25) is 14.4 Å². The molecule has 0 radical (unpaired) electrons. The summed E-state index contributed by atoms with van der Waals surface area (Å²) in [5.74, 6) is -1.71. The van der Waals surface area contributed by atoms with Gasteiger partial charge in [0.25, 0.3) is 0 Å². The van der Waals surface area contributed by atoms with E-state index in [1.807, 2.05) is 37.4 Å². The van der Waals surface area contributed by atoms with Crippen molar-refractivity contribution in [2.75, 3.05) is 13.6 Å². The van der Waals surface area contributed by atoms with Crippen LogP contribution in [-0.2, 0) is 14.4 Å². The zero-order valence-corrected chi connectivity index (χ0v) is 19.1. The number of nitrogens with zero attached hydrogens (tertiary/aromatic N) is 1. The van der Waals surface area contributed by atoms with Crippen molar-refractivity contribution < 1.29 is 19.5 Å². The molecule has 172 valence electrons. The molecule has 1 aliphatic carbocycles. The molecule has 7 nitrogen and oxygen atoms in total. The second-order valence-corrected chi connectivity index (χ2v) is 8.93. The first-order valence-corrected chi connectivity index (χ1v) is 11.3. The van der Waals surface area contributed by atoms with Crippen LogP contribution in [0, 0.1) is 11.8 Å². The van der Waals surface area contributed by atoms with E-state index < -0.39 is 24.0 Å². The molecule has 0 saturated heterocycles. The molecule has 0 heterocycles. The first-order valence-electron chi connectivity index (χ1n) is 11.3. The van der Waals surface area contributed by atoms with E-state index >= 15 is 0 Å². The highest BCUT2D eigenvalue weighted by Gasteiger charge is 2.31. The lowest BCUT2D eigenvalue weighted by Crippen LogP contribution is -2.48. The van der Waals surface area contributed by atoms with E-state index in [9.17, 15) is 19.5 Å². The summed E-state index contributed by atoms with van der Waals surface area (Å²) in [4.78, 5) is 39.9. The zero-order chi connectivity index (χ0) is 23.0. The highest BCUT2D eigenvalue weighted by Crippen LogP contribution is 2.25. The fourth-order valence-electron chi connectivity index (χ4n) is 3.82. The Hall–Kier alpha value is -2.41. The Morgan fingerprint density at radius 2 is 1.65 bits per heavy atom. The Labute approximate surface area is 185 Å². The molecule has 0 aliphatic heterocycles. The minimum absolute atomic E-state index is 0.0859. The van der Waals surface area contributed by atoms with Gasteiger partial charge < -0.3 is 20.6 Å². The summed E-state index contributed by atoms with van der Waals surface area (Å²) in [5.41, 5.74) is 0.731. The monoisotopic (exact) mass is 431 g/mol. The summed E-state index contributed by atoms with van der Waals surface area (Å²) in [5, 5.41) is 15.3. The largest absolute Gasteiger partial charge is 0.383 e. The Balaban J connectivity index is 2.06. The number of carbonyl (C=O) groups excluding carboxylic acids is 3. The van der Waals surface area contributed by atoms with Crippen LogP contribution in [0.5, 0.6) is 0 Å². The fraction of sp³-hybridized carbons (Fsp3) is 0.625. The number of aliphatic hydroxyl groups is 1. The first kappa shape index (κ1) is 24.9. The molecule has 7 heteroatoms. The maximum atomic E-state index is 13.3. The molecule has 0 bridgehead atoms. The average molecular weight is 432 g/mol. The third-order valence-electron chi connectivity index (χ3n) is 6.07. The van der Waals surface area contributed by atoms with Gasteiger partial charge in [-0.05, 0) is 24.3 Å². The molecule has 3 amide bonds. The van der Waals surface area contributed by atoms with E-state index in [0.29, 0.717) is 0 Å². The van der Waals surface area contributed by atoms with E-state index in [2.05, 4.69) is 10.6 Å². The van der Waals surface area contributed by atoms with Crippen molar-refractivity contribution in [3.63, 3.8) is 0 Å². The van der Waals surface area contributed by atoms with Gasteiger partial charge in [0.05, 0.1) is 5.92 Å². The number of carbonyl (C=O) groups is 3. The first-order chi connectivity index (χ1) is 14.7. The number of hydrogen-bond acceptors (Lipinski definition) is 4. The number of benzene rings is 1. The van der Waals surface area contributed by atoms with Gasteiger partial charge in [-0.1, -0.05) is 70.4 Å². The number of amides is 3. The van der Waals surface area contributed by atoms with Crippen LogP contribution in [-0.4, -0.2) is 53.5 Å². The number of likely N-dealkylation sites (N-methyl/N-ethyl adjacent to an activating group) is 1. The molecule has 0 spiro atoms. The number of hydrogen-bond donors (Lipinski definition) is 3. The SMILES string of the molecule is CC(C)[C@H](O)C(=O)NC[C@@H](C)C(=O)N[C@H](C(=O)N(C)C1CCCCC1)c1ccccc1. The van der Waals surface area contributed by atoms with Crippen molar-refractivity contribution >= 4 is 17.7 Å². The van der Waals surface area contributed by atoms with Gasteiger partial charge in [0, 0.05) is 19.6 Å². The fourth-order valence-corrected chi connectivity index (χ4v) is 3.82. The van der Waals surface area contributed by atoms with Gasteiger partial charge in [0.1, 0.15) is 12.1 Å². The van der Waals surface area contributed by atoms with Gasteiger partial charge in [0.15, 0.2) is 0 Å². The Kier molecular flexibility index (Phi) is 9.49. The van der Waals surface area contributed by atoms with Gasteiger partial charge in [-0.2, -0.15) is 0 Å². The predicted octanol–water partition coefficient (Wildman–Crippen LogP) is 2.40. The molecule has 1 fully saturated rings. The van der Waals surface area contributed by atoms with E-state index in [1.54, 1.807) is 25.7 Å². The summed E-state index contributed by atoms with van der Waals surface area (Å²) >= 11 is 0. The molecular weight excluding hydrogens is 394 g/mol. The number of nitrogens with one attached hydrogen (secondary N) is 2. The molecule has 0 aromatic heterocycles. The Morgan fingerprint density at radius 1 is 1.03 bits per heavy atom. The predicted molar refractivity (Wildman–Crippen MR) is 120 cm³/mol. The topological polar surface area (TPSA) is 98.7 Å². The third-order valence-corrected chi connectivity index (χ3v) is 6.07. The Bertz CT molecular complexity index is 732. The minimum atomic E-state index is -1.11. The van der Waals surface area contributed by atoms with E-state index in [4.69, 9.17) is 0 Å².